The van der Waals surface area contributed by atoms with E-state index < -0.39 is 11.9 Å². The minimum Gasteiger partial charge on any atom is -0.489 e. The van der Waals surface area contributed by atoms with Crippen molar-refractivity contribution in [3.63, 3.8) is 0 Å². The van der Waals surface area contributed by atoms with Gasteiger partial charge in [0.25, 0.3) is 0 Å². The van der Waals surface area contributed by atoms with Gasteiger partial charge in [-0.25, -0.2) is 0 Å². The number of aliphatic carboxylic acids is 1. The van der Waals surface area contributed by atoms with Crippen LogP contribution >= 0.6 is 0 Å². The standard InChI is InChI=1S/C13H17NO3/c1-9(2)8-17-12-6-4-3-5-10(12)11(7-14)13(15)16/h3-6,11H,1,7-8,14H2,2H3,(H,15,16). The van der Waals surface area contributed by atoms with Gasteiger partial charge in [0.2, 0.25) is 0 Å². The first-order chi connectivity index (χ1) is 8.06. The lowest BCUT2D eigenvalue weighted by molar-refractivity contribution is -0.138. The van der Waals surface area contributed by atoms with E-state index in [1.807, 2.05) is 6.92 Å². The van der Waals surface area contributed by atoms with Gasteiger partial charge in [0.05, 0.1) is 5.92 Å². The van der Waals surface area contributed by atoms with E-state index >= 15 is 0 Å². The van der Waals surface area contributed by atoms with E-state index in [2.05, 4.69) is 6.58 Å². The van der Waals surface area contributed by atoms with E-state index in [0.717, 1.165) is 5.57 Å². The Hall–Kier alpha value is -1.81. The van der Waals surface area contributed by atoms with Gasteiger partial charge in [0.15, 0.2) is 0 Å². The second-order valence-corrected chi connectivity index (χ2v) is 3.91. The van der Waals surface area contributed by atoms with E-state index in [1.54, 1.807) is 24.3 Å². The fourth-order valence-electron chi connectivity index (χ4n) is 1.46. The molecule has 0 saturated heterocycles. The minimum atomic E-state index is -0.945. The number of carboxylic acid groups (broad SMARTS) is 1. The average molecular weight is 235 g/mol. The fraction of sp³-hybridized carbons (Fsp3) is 0.308. The molecular weight excluding hydrogens is 218 g/mol. The van der Waals surface area contributed by atoms with E-state index in [-0.39, 0.29) is 6.54 Å². The summed E-state index contributed by atoms with van der Waals surface area (Å²) in [6.07, 6.45) is 0. The molecule has 0 fully saturated rings. The van der Waals surface area contributed by atoms with Crippen LogP contribution in [-0.4, -0.2) is 24.2 Å². The number of para-hydroxylation sites is 1. The number of benzene rings is 1. The summed E-state index contributed by atoms with van der Waals surface area (Å²) in [5.41, 5.74) is 6.95. The number of nitrogens with two attached hydrogens (primary N) is 1. The van der Waals surface area contributed by atoms with Crippen LogP contribution < -0.4 is 10.5 Å². The van der Waals surface area contributed by atoms with Crippen LogP contribution in [0.25, 0.3) is 0 Å². The van der Waals surface area contributed by atoms with Crippen molar-refractivity contribution in [1.29, 1.82) is 0 Å². The van der Waals surface area contributed by atoms with Gasteiger partial charge in [-0.1, -0.05) is 24.8 Å². The lowest BCUT2D eigenvalue weighted by atomic mass is 9.98. The van der Waals surface area contributed by atoms with Crippen molar-refractivity contribution < 1.29 is 14.6 Å². The fourth-order valence-corrected chi connectivity index (χ4v) is 1.46. The molecule has 0 heterocycles. The molecule has 1 unspecified atom stereocenters. The maximum Gasteiger partial charge on any atom is 0.312 e. The zero-order valence-corrected chi connectivity index (χ0v) is 9.85. The van der Waals surface area contributed by atoms with E-state index in [1.165, 1.54) is 0 Å². The largest absolute Gasteiger partial charge is 0.489 e. The summed E-state index contributed by atoms with van der Waals surface area (Å²) in [5.74, 6) is -1.14. The Morgan fingerprint density at radius 3 is 2.71 bits per heavy atom. The van der Waals surface area contributed by atoms with E-state index in [4.69, 9.17) is 15.6 Å². The SMILES string of the molecule is C=C(C)COc1ccccc1C(CN)C(=O)O. The molecule has 0 aliphatic heterocycles. The lowest BCUT2D eigenvalue weighted by Crippen LogP contribution is -2.22. The van der Waals surface area contributed by atoms with Crippen LogP contribution in [0.5, 0.6) is 5.75 Å². The molecule has 3 N–H and O–H groups in total. The molecular formula is C13H17NO3. The van der Waals surface area contributed by atoms with Crippen LogP contribution in [-0.2, 0) is 4.79 Å². The molecule has 4 heteroatoms. The number of hydrogen-bond donors (Lipinski definition) is 2. The zero-order chi connectivity index (χ0) is 12.8. The third-order valence-corrected chi connectivity index (χ3v) is 2.30. The quantitative estimate of drug-likeness (QED) is 0.737. The number of hydrogen-bond acceptors (Lipinski definition) is 3. The van der Waals surface area contributed by atoms with Crippen LogP contribution in [0.3, 0.4) is 0 Å². The van der Waals surface area contributed by atoms with Crippen molar-refractivity contribution in [2.45, 2.75) is 12.8 Å². The molecule has 0 aliphatic carbocycles. The molecule has 1 rings (SSSR count). The summed E-state index contributed by atoms with van der Waals surface area (Å²) in [5, 5.41) is 9.08. The van der Waals surface area contributed by atoms with Crippen LogP contribution in [0.2, 0.25) is 0 Å². The Kier molecular flexibility index (Phi) is 4.72. The molecule has 0 aliphatic rings. The molecule has 1 atom stereocenters. The second-order valence-electron chi connectivity index (χ2n) is 3.91. The molecule has 0 amide bonds. The highest BCUT2D eigenvalue weighted by atomic mass is 16.5. The summed E-state index contributed by atoms with van der Waals surface area (Å²) < 4.78 is 5.51. The lowest BCUT2D eigenvalue weighted by Gasteiger charge is -2.15. The van der Waals surface area contributed by atoms with Crippen molar-refractivity contribution in [2.24, 2.45) is 5.73 Å². The Labute approximate surface area is 101 Å². The first-order valence-corrected chi connectivity index (χ1v) is 5.35. The zero-order valence-electron chi connectivity index (χ0n) is 9.85. The topological polar surface area (TPSA) is 72.5 Å². The molecule has 4 nitrogen and oxygen atoms in total. The highest BCUT2D eigenvalue weighted by Crippen LogP contribution is 2.26. The van der Waals surface area contributed by atoms with E-state index in [9.17, 15) is 4.79 Å². The smallest absolute Gasteiger partial charge is 0.312 e. The normalized spacial score (nSPS) is 11.9. The average Bonchev–Trinajstić information content (AvgIpc) is 2.28. The Morgan fingerprint density at radius 2 is 2.18 bits per heavy atom. The Morgan fingerprint density at radius 1 is 1.53 bits per heavy atom. The summed E-state index contributed by atoms with van der Waals surface area (Å²) in [7, 11) is 0. The number of carbonyl (C=O) groups is 1. The summed E-state index contributed by atoms with van der Waals surface area (Å²) in [4.78, 5) is 11.1. The molecule has 0 bridgehead atoms. The Bertz CT molecular complexity index is 415. The van der Waals surface area contributed by atoms with Gasteiger partial charge in [-0.2, -0.15) is 0 Å². The first-order valence-electron chi connectivity index (χ1n) is 5.35. The molecule has 1 aromatic carbocycles. The van der Waals surface area contributed by atoms with Crippen LogP contribution in [0.4, 0.5) is 0 Å². The predicted octanol–water partition coefficient (Wildman–Crippen LogP) is 1.77. The Balaban J connectivity index is 2.97. The van der Waals surface area contributed by atoms with Gasteiger partial charge >= 0.3 is 5.97 Å². The first kappa shape index (κ1) is 13.3. The van der Waals surface area contributed by atoms with Gasteiger partial charge in [-0.15, -0.1) is 0 Å². The van der Waals surface area contributed by atoms with E-state index in [0.29, 0.717) is 17.9 Å². The number of carboxylic acids is 1. The van der Waals surface area contributed by atoms with Crippen LogP contribution in [0.1, 0.15) is 18.4 Å². The maximum absolute atomic E-state index is 11.1. The molecule has 0 aromatic heterocycles. The molecule has 1 aromatic rings. The van der Waals surface area contributed by atoms with Crippen molar-refractivity contribution >= 4 is 5.97 Å². The summed E-state index contributed by atoms with van der Waals surface area (Å²) in [6.45, 7) is 5.99. The second kappa shape index (κ2) is 6.06. The minimum absolute atomic E-state index is 0.0444. The third-order valence-electron chi connectivity index (χ3n) is 2.30. The van der Waals surface area contributed by atoms with Crippen molar-refractivity contribution in [3.05, 3.63) is 42.0 Å². The highest BCUT2D eigenvalue weighted by Gasteiger charge is 2.21. The van der Waals surface area contributed by atoms with Crippen molar-refractivity contribution in [1.82, 2.24) is 0 Å². The van der Waals surface area contributed by atoms with Gasteiger partial charge < -0.3 is 15.6 Å². The molecule has 0 saturated carbocycles. The molecule has 0 radical (unpaired) electrons. The molecule has 0 spiro atoms. The van der Waals surface area contributed by atoms with Crippen LogP contribution in [0, 0.1) is 0 Å². The van der Waals surface area contributed by atoms with Gasteiger partial charge in [0, 0.05) is 12.1 Å². The van der Waals surface area contributed by atoms with Crippen molar-refractivity contribution in [3.8, 4) is 5.75 Å². The van der Waals surface area contributed by atoms with Crippen LogP contribution in [0.15, 0.2) is 36.4 Å². The monoisotopic (exact) mass is 235 g/mol. The molecule has 17 heavy (non-hydrogen) atoms. The molecule has 92 valence electrons. The maximum atomic E-state index is 11.1. The van der Waals surface area contributed by atoms with Gasteiger partial charge in [-0.3, -0.25) is 4.79 Å². The predicted molar refractivity (Wildman–Crippen MR) is 66.2 cm³/mol. The van der Waals surface area contributed by atoms with Gasteiger partial charge in [0.1, 0.15) is 12.4 Å². The van der Waals surface area contributed by atoms with Crippen molar-refractivity contribution in [2.75, 3.05) is 13.2 Å². The van der Waals surface area contributed by atoms with Gasteiger partial charge in [-0.05, 0) is 18.6 Å². The number of rotatable bonds is 6. The highest BCUT2D eigenvalue weighted by molar-refractivity contribution is 5.77. The number of ether oxygens (including phenoxy) is 1. The third kappa shape index (κ3) is 3.60. The summed E-state index contributed by atoms with van der Waals surface area (Å²) >= 11 is 0. The summed E-state index contributed by atoms with van der Waals surface area (Å²) in [6, 6.07) is 7.03.